The Balaban J connectivity index is 2.31. The van der Waals surface area contributed by atoms with Crippen molar-refractivity contribution in [2.24, 2.45) is 11.8 Å². The number of benzene rings is 1. The zero-order chi connectivity index (χ0) is 13.1. The summed E-state index contributed by atoms with van der Waals surface area (Å²) in [5.74, 6) is 1.13. The molecular formula is C15H21BrFN. The van der Waals surface area contributed by atoms with Gasteiger partial charge in [-0.15, -0.1) is 0 Å². The fraction of sp³-hybridized carbons (Fsp3) is 0.600. The minimum atomic E-state index is -0.0942. The smallest absolute Gasteiger partial charge is 0.128 e. The maximum Gasteiger partial charge on any atom is 0.128 e. The number of hydrogen-bond donors (Lipinski definition) is 1. The summed E-state index contributed by atoms with van der Waals surface area (Å²) in [4.78, 5) is 0. The van der Waals surface area contributed by atoms with Crippen LogP contribution in [0.1, 0.15) is 44.7 Å². The molecule has 3 atom stereocenters. The SMILES string of the molecule is CCNC(c1cc(Br)ccc1F)C1CCCC1C. The third kappa shape index (κ3) is 2.94. The van der Waals surface area contributed by atoms with Crippen LogP contribution in [-0.2, 0) is 0 Å². The van der Waals surface area contributed by atoms with Crippen molar-refractivity contribution >= 4 is 15.9 Å². The van der Waals surface area contributed by atoms with E-state index in [1.165, 1.54) is 19.3 Å². The van der Waals surface area contributed by atoms with Gasteiger partial charge in [-0.05, 0) is 43.0 Å². The minimum absolute atomic E-state index is 0.0942. The summed E-state index contributed by atoms with van der Waals surface area (Å²) in [6.07, 6.45) is 3.73. The molecule has 0 aromatic heterocycles. The molecule has 1 aliphatic rings. The maximum atomic E-state index is 14.1. The van der Waals surface area contributed by atoms with E-state index in [0.717, 1.165) is 16.6 Å². The van der Waals surface area contributed by atoms with Gasteiger partial charge in [-0.2, -0.15) is 0 Å². The molecular weight excluding hydrogens is 293 g/mol. The lowest BCUT2D eigenvalue weighted by Crippen LogP contribution is -2.30. The molecule has 1 N–H and O–H groups in total. The van der Waals surface area contributed by atoms with Crippen LogP contribution in [0.4, 0.5) is 4.39 Å². The van der Waals surface area contributed by atoms with Crippen LogP contribution in [0.15, 0.2) is 22.7 Å². The normalized spacial score (nSPS) is 25.3. The average Bonchev–Trinajstić information content (AvgIpc) is 2.76. The van der Waals surface area contributed by atoms with Crippen LogP contribution >= 0.6 is 15.9 Å². The van der Waals surface area contributed by atoms with E-state index in [4.69, 9.17) is 0 Å². The Bertz CT molecular complexity index is 407. The molecule has 3 unspecified atom stereocenters. The van der Waals surface area contributed by atoms with Crippen molar-refractivity contribution in [2.45, 2.75) is 39.2 Å². The predicted octanol–water partition coefficient (Wildman–Crippen LogP) is 4.68. The molecule has 0 spiro atoms. The molecule has 3 heteroatoms. The predicted molar refractivity (Wildman–Crippen MR) is 77.0 cm³/mol. The van der Waals surface area contributed by atoms with E-state index in [0.29, 0.717) is 11.8 Å². The Kier molecular flexibility index (Phi) is 4.79. The highest BCUT2D eigenvalue weighted by atomic mass is 79.9. The highest BCUT2D eigenvalue weighted by Crippen LogP contribution is 2.41. The van der Waals surface area contributed by atoms with Crippen molar-refractivity contribution in [2.75, 3.05) is 6.54 Å². The Morgan fingerprint density at radius 1 is 1.44 bits per heavy atom. The second-order valence-electron chi connectivity index (χ2n) is 5.27. The summed E-state index contributed by atoms with van der Waals surface area (Å²) < 4.78 is 15.0. The lowest BCUT2D eigenvalue weighted by molar-refractivity contribution is 0.299. The van der Waals surface area contributed by atoms with Gasteiger partial charge < -0.3 is 5.32 Å². The van der Waals surface area contributed by atoms with Gasteiger partial charge >= 0.3 is 0 Å². The fourth-order valence-corrected chi connectivity index (χ4v) is 3.51. The molecule has 1 aromatic rings. The summed E-state index contributed by atoms with van der Waals surface area (Å²) in [6, 6.07) is 5.39. The number of rotatable bonds is 4. The van der Waals surface area contributed by atoms with Gasteiger partial charge in [0.2, 0.25) is 0 Å². The van der Waals surface area contributed by atoms with E-state index in [2.05, 4.69) is 35.1 Å². The molecule has 18 heavy (non-hydrogen) atoms. The molecule has 1 aliphatic carbocycles. The molecule has 0 saturated heterocycles. The van der Waals surface area contributed by atoms with Crippen LogP contribution in [0.2, 0.25) is 0 Å². The van der Waals surface area contributed by atoms with Gasteiger partial charge in [0.05, 0.1) is 0 Å². The maximum absolute atomic E-state index is 14.1. The zero-order valence-corrected chi connectivity index (χ0v) is 12.6. The molecule has 0 heterocycles. The largest absolute Gasteiger partial charge is 0.310 e. The standard InChI is InChI=1S/C15H21BrFN/c1-3-18-15(12-6-4-5-10(12)2)13-9-11(16)7-8-14(13)17/h7-10,12,15,18H,3-6H2,1-2H3. The Hall–Kier alpha value is -0.410. The Labute approximate surface area is 117 Å². The summed E-state index contributed by atoms with van der Waals surface area (Å²) in [5.41, 5.74) is 0.810. The molecule has 1 saturated carbocycles. The van der Waals surface area contributed by atoms with E-state index >= 15 is 0 Å². The number of halogens is 2. The lowest BCUT2D eigenvalue weighted by Gasteiger charge is -2.28. The van der Waals surface area contributed by atoms with Crippen LogP contribution < -0.4 is 5.32 Å². The monoisotopic (exact) mass is 313 g/mol. The number of nitrogens with one attached hydrogen (secondary N) is 1. The van der Waals surface area contributed by atoms with Crippen LogP contribution in [0.25, 0.3) is 0 Å². The van der Waals surface area contributed by atoms with E-state index < -0.39 is 0 Å². The number of hydrogen-bond acceptors (Lipinski definition) is 1. The molecule has 0 amide bonds. The first-order valence-corrected chi connectivity index (χ1v) is 7.61. The first-order chi connectivity index (χ1) is 8.63. The summed E-state index contributed by atoms with van der Waals surface area (Å²) in [6.45, 7) is 5.25. The molecule has 0 aliphatic heterocycles. The van der Waals surface area contributed by atoms with Crippen molar-refractivity contribution in [3.8, 4) is 0 Å². The van der Waals surface area contributed by atoms with E-state index in [1.54, 1.807) is 12.1 Å². The summed E-state index contributed by atoms with van der Waals surface area (Å²) >= 11 is 3.44. The highest BCUT2D eigenvalue weighted by molar-refractivity contribution is 9.10. The third-order valence-electron chi connectivity index (χ3n) is 4.07. The molecule has 2 rings (SSSR count). The second-order valence-corrected chi connectivity index (χ2v) is 6.19. The van der Waals surface area contributed by atoms with Crippen molar-refractivity contribution in [1.29, 1.82) is 0 Å². The fourth-order valence-electron chi connectivity index (χ4n) is 3.13. The van der Waals surface area contributed by atoms with E-state index in [-0.39, 0.29) is 11.9 Å². The Morgan fingerprint density at radius 3 is 2.83 bits per heavy atom. The van der Waals surface area contributed by atoms with E-state index in [1.807, 2.05) is 6.07 Å². The summed E-state index contributed by atoms with van der Waals surface area (Å²) in [7, 11) is 0. The third-order valence-corrected chi connectivity index (χ3v) is 4.57. The highest BCUT2D eigenvalue weighted by Gasteiger charge is 2.32. The van der Waals surface area contributed by atoms with E-state index in [9.17, 15) is 4.39 Å². The van der Waals surface area contributed by atoms with Gasteiger partial charge in [-0.1, -0.05) is 42.6 Å². The molecule has 1 fully saturated rings. The molecule has 0 bridgehead atoms. The first-order valence-electron chi connectivity index (χ1n) is 6.81. The molecule has 100 valence electrons. The lowest BCUT2D eigenvalue weighted by atomic mass is 9.85. The van der Waals surface area contributed by atoms with Gasteiger partial charge in [0, 0.05) is 16.1 Å². The summed E-state index contributed by atoms with van der Waals surface area (Å²) in [5, 5.41) is 3.48. The van der Waals surface area contributed by atoms with Crippen molar-refractivity contribution in [3.05, 3.63) is 34.1 Å². The quantitative estimate of drug-likeness (QED) is 0.851. The van der Waals surface area contributed by atoms with Gasteiger partial charge in [-0.25, -0.2) is 4.39 Å². The van der Waals surface area contributed by atoms with Crippen LogP contribution in [-0.4, -0.2) is 6.54 Å². The first kappa shape index (κ1) is 14.0. The van der Waals surface area contributed by atoms with Gasteiger partial charge in [0.1, 0.15) is 5.82 Å². The van der Waals surface area contributed by atoms with Gasteiger partial charge in [0.25, 0.3) is 0 Å². The second kappa shape index (κ2) is 6.16. The van der Waals surface area contributed by atoms with Crippen LogP contribution in [0, 0.1) is 17.7 Å². The Morgan fingerprint density at radius 2 is 2.22 bits per heavy atom. The van der Waals surface area contributed by atoms with Crippen molar-refractivity contribution < 1.29 is 4.39 Å². The van der Waals surface area contributed by atoms with Gasteiger partial charge in [0.15, 0.2) is 0 Å². The van der Waals surface area contributed by atoms with Gasteiger partial charge in [-0.3, -0.25) is 0 Å². The van der Waals surface area contributed by atoms with Crippen molar-refractivity contribution in [3.63, 3.8) is 0 Å². The topological polar surface area (TPSA) is 12.0 Å². The zero-order valence-electron chi connectivity index (χ0n) is 11.0. The van der Waals surface area contributed by atoms with Crippen LogP contribution in [0.5, 0.6) is 0 Å². The van der Waals surface area contributed by atoms with Crippen molar-refractivity contribution in [1.82, 2.24) is 5.32 Å². The molecule has 0 radical (unpaired) electrons. The minimum Gasteiger partial charge on any atom is -0.310 e. The average molecular weight is 314 g/mol. The molecule has 1 aromatic carbocycles. The molecule has 1 nitrogen and oxygen atoms in total. The van der Waals surface area contributed by atoms with Crippen LogP contribution in [0.3, 0.4) is 0 Å².